The number of amides is 2. The Morgan fingerprint density at radius 1 is 1.19 bits per heavy atom. The highest BCUT2D eigenvalue weighted by molar-refractivity contribution is 6.01. The number of pyridine rings is 1. The number of aromatic nitrogens is 1. The first-order chi connectivity index (χ1) is 15.1. The number of carbonyl (C=O) groups excluding carboxylic acids is 2. The summed E-state index contributed by atoms with van der Waals surface area (Å²) in [5, 5.41) is 2.94. The molecule has 1 saturated carbocycles. The van der Waals surface area contributed by atoms with Crippen molar-refractivity contribution in [3.05, 3.63) is 48.2 Å². The van der Waals surface area contributed by atoms with Gasteiger partial charge in [-0.05, 0) is 50.3 Å². The van der Waals surface area contributed by atoms with E-state index in [0.29, 0.717) is 37.0 Å². The van der Waals surface area contributed by atoms with Crippen LogP contribution >= 0.6 is 0 Å². The maximum Gasteiger partial charge on any atom is 0.227 e. The Kier molecular flexibility index (Phi) is 6.70. The molecule has 1 aliphatic heterocycles. The van der Waals surface area contributed by atoms with Gasteiger partial charge in [0.2, 0.25) is 17.7 Å². The smallest absolute Gasteiger partial charge is 0.227 e. The van der Waals surface area contributed by atoms with E-state index in [1.54, 1.807) is 11.1 Å². The van der Waals surface area contributed by atoms with Gasteiger partial charge in [-0.3, -0.25) is 9.59 Å². The summed E-state index contributed by atoms with van der Waals surface area (Å²) in [5.41, 5.74) is 1.61. The molecule has 1 saturated heterocycles. The number of carbonyl (C=O) groups is 2. The van der Waals surface area contributed by atoms with Crippen molar-refractivity contribution in [3.63, 3.8) is 0 Å². The summed E-state index contributed by atoms with van der Waals surface area (Å²) in [7, 11) is 0. The van der Waals surface area contributed by atoms with Crippen molar-refractivity contribution in [2.75, 3.05) is 18.1 Å². The third kappa shape index (κ3) is 5.16. The van der Waals surface area contributed by atoms with Gasteiger partial charge in [-0.2, -0.15) is 0 Å². The lowest BCUT2D eigenvalue weighted by Crippen LogP contribution is -2.32. The number of rotatable bonds is 8. The van der Waals surface area contributed by atoms with E-state index in [2.05, 4.69) is 10.3 Å². The molecule has 2 aliphatic rings. The molecule has 1 atom stereocenters. The van der Waals surface area contributed by atoms with Gasteiger partial charge in [-0.1, -0.05) is 18.2 Å². The van der Waals surface area contributed by atoms with Gasteiger partial charge in [-0.15, -0.1) is 0 Å². The van der Waals surface area contributed by atoms with Gasteiger partial charge in [0.05, 0.1) is 18.2 Å². The third-order valence-corrected chi connectivity index (χ3v) is 5.81. The number of ether oxygens (including phenoxy) is 2. The van der Waals surface area contributed by atoms with Crippen molar-refractivity contribution in [3.8, 4) is 11.6 Å². The van der Waals surface area contributed by atoms with Gasteiger partial charge < -0.3 is 19.7 Å². The molecule has 1 aliphatic carbocycles. The maximum absolute atomic E-state index is 12.7. The second-order valence-corrected chi connectivity index (χ2v) is 8.05. The molecule has 2 aromatic rings. The molecule has 0 spiro atoms. The molecule has 31 heavy (non-hydrogen) atoms. The van der Waals surface area contributed by atoms with Crippen LogP contribution in [0.5, 0.6) is 11.6 Å². The molecule has 2 fully saturated rings. The molecule has 1 N–H and O–H groups in total. The molecule has 1 aromatic carbocycles. The molecule has 164 valence electrons. The van der Waals surface area contributed by atoms with E-state index < -0.39 is 0 Å². The fourth-order valence-electron chi connectivity index (χ4n) is 4.17. The molecule has 0 bridgehead atoms. The lowest BCUT2D eigenvalue weighted by atomic mass is 10.1. The summed E-state index contributed by atoms with van der Waals surface area (Å²) >= 11 is 0. The summed E-state index contributed by atoms with van der Waals surface area (Å²) in [4.78, 5) is 31.3. The standard InChI is InChI=1S/C24H29N3O4/c1-2-30-21-10-6-5-9-20(21)27-16-18(13-23(27)28)24(29)26-15-17-11-12-22(25-14-17)31-19-7-3-4-8-19/h5-6,9-12,14,18-19H,2-4,7-8,13,15-16H2,1H3,(H,26,29). The Balaban J connectivity index is 1.31. The normalized spacial score (nSPS) is 18.9. The fourth-order valence-corrected chi connectivity index (χ4v) is 4.17. The predicted molar refractivity (Wildman–Crippen MR) is 117 cm³/mol. The van der Waals surface area contributed by atoms with Crippen LogP contribution in [0.1, 0.15) is 44.6 Å². The van der Waals surface area contributed by atoms with Crippen LogP contribution in [0.25, 0.3) is 0 Å². The first-order valence-electron chi connectivity index (χ1n) is 11.1. The number of benzene rings is 1. The largest absolute Gasteiger partial charge is 0.492 e. The molecule has 7 nitrogen and oxygen atoms in total. The second-order valence-electron chi connectivity index (χ2n) is 8.05. The average Bonchev–Trinajstić information content (AvgIpc) is 3.43. The third-order valence-electron chi connectivity index (χ3n) is 5.81. The SMILES string of the molecule is CCOc1ccccc1N1CC(C(=O)NCc2ccc(OC3CCCC3)nc2)CC1=O. The zero-order valence-electron chi connectivity index (χ0n) is 17.9. The predicted octanol–water partition coefficient (Wildman–Crippen LogP) is 3.47. The first kappa shape index (κ1) is 21.2. The quantitative estimate of drug-likeness (QED) is 0.703. The topological polar surface area (TPSA) is 80.8 Å². The van der Waals surface area contributed by atoms with Crippen molar-refractivity contribution < 1.29 is 19.1 Å². The Hall–Kier alpha value is -3.09. The highest BCUT2D eigenvalue weighted by atomic mass is 16.5. The van der Waals surface area contributed by atoms with Gasteiger partial charge in [0, 0.05) is 31.8 Å². The monoisotopic (exact) mass is 423 g/mol. The number of nitrogens with zero attached hydrogens (tertiary/aromatic N) is 2. The van der Waals surface area contributed by atoms with Crippen molar-refractivity contribution in [2.24, 2.45) is 5.92 Å². The lowest BCUT2D eigenvalue weighted by Gasteiger charge is -2.20. The molecular formula is C24H29N3O4. The number of hydrogen-bond acceptors (Lipinski definition) is 5. The molecule has 0 radical (unpaired) electrons. The molecule has 2 heterocycles. The van der Waals surface area contributed by atoms with Gasteiger partial charge in [-0.25, -0.2) is 4.98 Å². The highest BCUT2D eigenvalue weighted by Gasteiger charge is 2.36. The Bertz CT molecular complexity index is 909. The number of anilines is 1. The minimum Gasteiger partial charge on any atom is -0.492 e. The van der Waals surface area contributed by atoms with E-state index in [4.69, 9.17) is 9.47 Å². The van der Waals surface area contributed by atoms with Gasteiger partial charge in [0.1, 0.15) is 11.9 Å². The van der Waals surface area contributed by atoms with Crippen LogP contribution in [-0.2, 0) is 16.1 Å². The zero-order chi connectivity index (χ0) is 21.6. The molecule has 2 amide bonds. The zero-order valence-corrected chi connectivity index (χ0v) is 17.9. The Labute approximate surface area is 182 Å². The van der Waals surface area contributed by atoms with Crippen molar-refractivity contribution in [1.82, 2.24) is 10.3 Å². The van der Waals surface area contributed by atoms with Gasteiger partial charge >= 0.3 is 0 Å². The minimum absolute atomic E-state index is 0.0672. The molecule has 1 unspecified atom stereocenters. The lowest BCUT2D eigenvalue weighted by molar-refractivity contribution is -0.126. The van der Waals surface area contributed by atoms with Crippen LogP contribution in [0, 0.1) is 5.92 Å². The average molecular weight is 424 g/mol. The van der Waals surface area contributed by atoms with Crippen molar-refractivity contribution in [1.29, 1.82) is 0 Å². The van der Waals surface area contributed by atoms with E-state index in [-0.39, 0.29) is 30.3 Å². The van der Waals surface area contributed by atoms with E-state index in [0.717, 1.165) is 18.4 Å². The summed E-state index contributed by atoms with van der Waals surface area (Å²) < 4.78 is 11.5. The van der Waals surface area contributed by atoms with E-state index in [1.807, 2.05) is 43.3 Å². The summed E-state index contributed by atoms with van der Waals surface area (Å²) in [6, 6.07) is 11.2. The van der Waals surface area contributed by atoms with Crippen LogP contribution in [0.3, 0.4) is 0 Å². The first-order valence-corrected chi connectivity index (χ1v) is 11.1. The Morgan fingerprint density at radius 2 is 2.00 bits per heavy atom. The van der Waals surface area contributed by atoms with Gasteiger partial charge in [0.15, 0.2) is 0 Å². The minimum atomic E-state index is -0.389. The van der Waals surface area contributed by atoms with Crippen LogP contribution in [0.4, 0.5) is 5.69 Å². The van der Waals surface area contributed by atoms with Gasteiger partial charge in [0.25, 0.3) is 0 Å². The van der Waals surface area contributed by atoms with Crippen molar-refractivity contribution >= 4 is 17.5 Å². The highest BCUT2D eigenvalue weighted by Crippen LogP contribution is 2.33. The fraction of sp³-hybridized carbons (Fsp3) is 0.458. The van der Waals surface area contributed by atoms with Crippen LogP contribution in [0.15, 0.2) is 42.6 Å². The van der Waals surface area contributed by atoms with Crippen LogP contribution in [-0.4, -0.2) is 36.1 Å². The van der Waals surface area contributed by atoms with Crippen molar-refractivity contribution in [2.45, 2.75) is 51.7 Å². The molecule has 1 aromatic heterocycles. The van der Waals surface area contributed by atoms with E-state index >= 15 is 0 Å². The molecule has 4 rings (SSSR count). The number of para-hydroxylation sites is 2. The van der Waals surface area contributed by atoms with E-state index in [9.17, 15) is 9.59 Å². The molecule has 7 heteroatoms. The summed E-state index contributed by atoms with van der Waals surface area (Å²) in [5.74, 6) is 0.705. The summed E-state index contributed by atoms with van der Waals surface area (Å²) in [6.07, 6.45) is 6.80. The van der Waals surface area contributed by atoms with E-state index in [1.165, 1.54) is 12.8 Å². The second kappa shape index (κ2) is 9.81. The van der Waals surface area contributed by atoms with Crippen LogP contribution < -0.4 is 19.7 Å². The Morgan fingerprint density at radius 3 is 2.74 bits per heavy atom. The number of nitrogens with one attached hydrogen (secondary N) is 1. The number of hydrogen-bond donors (Lipinski definition) is 1. The molecular weight excluding hydrogens is 394 g/mol. The van der Waals surface area contributed by atoms with Crippen LogP contribution in [0.2, 0.25) is 0 Å². The maximum atomic E-state index is 12.7. The summed E-state index contributed by atoms with van der Waals surface area (Å²) in [6.45, 7) is 3.14.